The van der Waals surface area contributed by atoms with Crippen LogP contribution in [0.1, 0.15) is 44.7 Å². The molecule has 0 saturated heterocycles. The van der Waals surface area contributed by atoms with Crippen molar-refractivity contribution in [3.63, 3.8) is 0 Å². The maximum atomic E-state index is 12.4. The lowest BCUT2D eigenvalue weighted by Crippen LogP contribution is -2.07. The molecule has 1 aliphatic heterocycles. The SMILES string of the molecule is Cc1cc(/C=C2\C(=O)ON=C2c2ccc(C(O)O)cc2)c(C)n1-c1ccc(C(=O)O)cc1. The molecule has 0 saturated carbocycles. The molecule has 1 aromatic heterocycles. The summed E-state index contributed by atoms with van der Waals surface area (Å²) in [6, 6.07) is 14.8. The third-order valence-corrected chi connectivity index (χ3v) is 5.32. The molecule has 32 heavy (non-hydrogen) atoms. The van der Waals surface area contributed by atoms with Crippen molar-refractivity contribution in [3.05, 3.63) is 93.8 Å². The van der Waals surface area contributed by atoms with Crippen LogP contribution >= 0.6 is 0 Å². The second kappa shape index (κ2) is 8.26. The molecule has 0 fully saturated rings. The average molecular weight is 432 g/mol. The number of oxime groups is 1. The molecule has 4 rings (SSSR count). The van der Waals surface area contributed by atoms with E-state index < -0.39 is 18.2 Å². The quantitative estimate of drug-likeness (QED) is 0.324. The van der Waals surface area contributed by atoms with Gasteiger partial charge in [0.25, 0.3) is 0 Å². The van der Waals surface area contributed by atoms with E-state index in [1.54, 1.807) is 42.5 Å². The summed E-state index contributed by atoms with van der Waals surface area (Å²) in [5, 5.41) is 31.5. The first-order valence-corrected chi connectivity index (χ1v) is 9.77. The molecule has 1 aliphatic rings. The zero-order valence-corrected chi connectivity index (χ0v) is 17.3. The van der Waals surface area contributed by atoms with E-state index in [4.69, 9.17) is 9.94 Å². The molecular weight excluding hydrogens is 412 g/mol. The number of benzene rings is 2. The predicted molar refractivity (Wildman–Crippen MR) is 116 cm³/mol. The van der Waals surface area contributed by atoms with Gasteiger partial charge < -0.3 is 24.7 Å². The van der Waals surface area contributed by atoms with Crippen molar-refractivity contribution in [1.82, 2.24) is 4.57 Å². The van der Waals surface area contributed by atoms with Gasteiger partial charge in [-0.05, 0) is 55.8 Å². The van der Waals surface area contributed by atoms with E-state index in [0.29, 0.717) is 16.8 Å². The Bertz CT molecular complexity index is 1270. The molecule has 0 atom stereocenters. The van der Waals surface area contributed by atoms with Crippen LogP contribution in [-0.2, 0) is 9.63 Å². The number of aromatic nitrogens is 1. The number of aromatic carboxylic acids is 1. The fraction of sp³-hybridized carbons (Fsp3) is 0.125. The molecule has 2 aromatic carbocycles. The number of nitrogens with zero attached hydrogens (tertiary/aromatic N) is 2. The molecule has 162 valence electrons. The smallest absolute Gasteiger partial charge is 0.368 e. The highest BCUT2D eigenvalue weighted by molar-refractivity contribution is 6.31. The predicted octanol–water partition coefficient (Wildman–Crippen LogP) is 3.12. The van der Waals surface area contributed by atoms with E-state index in [2.05, 4.69) is 5.16 Å². The number of aryl methyl sites for hydroxylation is 1. The Kier molecular flexibility index (Phi) is 5.48. The number of carboxylic acids is 1. The summed E-state index contributed by atoms with van der Waals surface area (Å²) in [6.45, 7) is 3.82. The molecule has 8 heteroatoms. The Labute approximate surface area is 183 Å². The van der Waals surface area contributed by atoms with Gasteiger partial charge in [-0.1, -0.05) is 29.4 Å². The van der Waals surface area contributed by atoms with Gasteiger partial charge in [-0.2, -0.15) is 0 Å². The van der Waals surface area contributed by atoms with Gasteiger partial charge in [-0.15, -0.1) is 0 Å². The van der Waals surface area contributed by atoms with Crippen molar-refractivity contribution in [2.75, 3.05) is 0 Å². The molecule has 3 N–H and O–H groups in total. The Balaban J connectivity index is 1.71. The number of carboxylic acid groups (broad SMARTS) is 1. The monoisotopic (exact) mass is 432 g/mol. The molecule has 0 radical (unpaired) electrons. The second-order valence-electron chi connectivity index (χ2n) is 7.39. The summed E-state index contributed by atoms with van der Waals surface area (Å²) in [5.74, 6) is -1.57. The summed E-state index contributed by atoms with van der Waals surface area (Å²) < 4.78 is 1.96. The number of rotatable bonds is 5. The van der Waals surface area contributed by atoms with E-state index in [1.165, 1.54) is 12.1 Å². The Morgan fingerprint density at radius 2 is 1.72 bits per heavy atom. The van der Waals surface area contributed by atoms with E-state index in [0.717, 1.165) is 22.6 Å². The van der Waals surface area contributed by atoms with Crippen molar-refractivity contribution < 1.29 is 29.7 Å². The van der Waals surface area contributed by atoms with Crippen LogP contribution in [-0.4, -0.2) is 37.5 Å². The largest absolute Gasteiger partial charge is 0.478 e. The van der Waals surface area contributed by atoms with Crippen molar-refractivity contribution in [2.45, 2.75) is 20.1 Å². The standard InChI is InChI=1S/C24H20N2O6/c1-13-11-18(14(2)26(13)19-9-7-17(8-10-19)23(29)30)12-20-21(25-32-24(20)31)15-3-5-16(6-4-15)22(27)28/h3-12,22,27-28H,1-2H3,(H,29,30)/b20-12-. The molecule has 0 bridgehead atoms. The third kappa shape index (κ3) is 3.84. The molecule has 8 nitrogen and oxygen atoms in total. The number of aliphatic hydroxyl groups is 2. The van der Waals surface area contributed by atoms with Crippen molar-refractivity contribution in [1.29, 1.82) is 0 Å². The van der Waals surface area contributed by atoms with Crippen LogP contribution in [0, 0.1) is 13.8 Å². The Hall–Kier alpha value is -4.01. The second-order valence-corrected chi connectivity index (χ2v) is 7.39. The van der Waals surface area contributed by atoms with Crippen molar-refractivity contribution >= 4 is 23.7 Å². The van der Waals surface area contributed by atoms with E-state index in [-0.39, 0.29) is 11.1 Å². The van der Waals surface area contributed by atoms with Gasteiger partial charge >= 0.3 is 11.9 Å². The lowest BCUT2D eigenvalue weighted by atomic mass is 9.99. The number of hydrogen-bond donors (Lipinski definition) is 3. The summed E-state index contributed by atoms with van der Waals surface area (Å²) >= 11 is 0. The first-order chi connectivity index (χ1) is 15.3. The van der Waals surface area contributed by atoms with Crippen molar-refractivity contribution in [3.8, 4) is 5.69 Å². The van der Waals surface area contributed by atoms with Gasteiger partial charge in [0.1, 0.15) is 5.71 Å². The third-order valence-electron chi connectivity index (χ3n) is 5.32. The maximum absolute atomic E-state index is 12.4. The minimum absolute atomic E-state index is 0.202. The molecular formula is C24H20N2O6. The van der Waals surface area contributed by atoms with E-state index in [1.807, 2.05) is 24.5 Å². The minimum Gasteiger partial charge on any atom is -0.478 e. The highest BCUT2D eigenvalue weighted by atomic mass is 16.7. The van der Waals surface area contributed by atoms with Gasteiger partial charge in [0.05, 0.1) is 11.1 Å². The topological polar surface area (TPSA) is 121 Å². The van der Waals surface area contributed by atoms with Crippen LogP contribution in [0.15, 0.2) is 65.3 Å². The Morgan fingerprint density at radius 3 is 2.31 bits per heavy atom. The zero-order valence-electron chi connectivity index (χ0n) is 17.3. The lowest BCUT2D eigenvalue weighted by molar-refractivity contribution is -0.136. The minimum atomic E-state index is -1.59. The average Bonchev–Trinajstić information content (AvgIpc) is 3.27. The molecule has 2 heterocycles. The number of carbonyl (C=O) groups is 2. The van der Waals surface area contributed by atoms with Crippen LogP contribution in [0.2, 0.25) is 0 Å². The van der Waals surface area contributed by atoms with Crippen LogP contribution in [0.3, 0.4) is 0 Å². The lowest BCUT2D eigenvalue weighted by Gasteiger charge is -2.10. The highest BCUT2D eigenvalue weighted by Gasteiger charge is 2.27. The fourth-order valence-electron chi connectivity index (χ4n) is 3.67. The molecule has 0 amide bonds. The van der Waals surface area contributed by atoms with Gasteiger partial charge in [-0.3, -0.25) is 0 Å². The van der Waals surface area contributed by atoms with Gasteiger partial charge in [-0.25, -0.2) is 9.59 Å². The van der Waals surface area contributed by atoms with Crippen LogP contribution in [0.25, 0.3) is 11.8 Å². The highest BCUT2D eigenvalue weighted by Crippen LogP contribution is 2.27. The van der Waals surface area contributed by atoms with Crippen LogP contribution < -0.4 is 0 Å². The number of carbonyl (C=O) groups excluding carboxylic acids is 1. The summed E-state index contributed by atoms with van der Waals surface area (Å²) in [7, 11) is 0. The molecule has 0 unspecified atom stereocenters. The normalized spacial score (nSPS) is 14.7. The first-order valence-electron chi connectivity index (χ1n) is 9.77. The Morgan fingerprint density at radius 1 is 1.06 bits per heavy atom. The maximum Gasteiger partial charge on any atom is 0.368 e. The van der Waals surface area contributed by atoms with Crippen LogP contribution in [0.5, 0.6) is 0 Å². The molecule has 0 spiro atoms. The zero-order chi connectivity index (χ0) is 23.0. The first kappa shape index (κ1) is 21.2. The number of aliphatic hydroxyl groups excluding tert-OH is 1. The van der Waals surface area contributed by atoms with Gasteiger partial charge in [0, 0.05) is 28.2 Å². The fourth-order valence-corrected chi connectivity index (χ4v) is 3.67. The van der Waals surface area contributed by atoms with E-state index >= 15 is 0 Å². The molecule has 0 aliphatic carbocycles. The van der Waals surface area contributed by atoms with Gasteiger partial charge in [0.2, 0.25) is 0 Å². The van der Waals surface area contributed by atoms with E-state index in [9.17, 15) is 19.8 Å². The van der Waals surface area contributed by atoms with Gasteiger partial charge in [0.15, 0.2) is 6.29 Å². The van der Waals surface area contributed by atoms with Crippen LogP contribution in [0.4, 0.5) is 0 Å². The molecule has 3 aromatic rings. The summed E-state index contributed by atoms with van der Waals surface area (Å²) in [5.41, 5.74) is 5.11. The summed E-state index contributed by atoms with van der Waals surface area (Å²) in [4.78, 5) is 28.4. The summed E-state index contributed by atoms with van der Waals surface area (Å²) in [6.07, 6.45) is 0.116. The van der Waals surface area contributed by atoms with Crippen molar-refractivity contribution in [2.24, 2.45) is 5.16 Å². The number of hydrogen-bond acceptors (Lipinski definition) is 6.